The quantitative estimate of drug-likeness (QED) is 0.775. The maximum atomic E-state index is 12.2. The number of hydrogen-bond donors (Lipinski definition) is 2. The summed E-state index contributed by atoms with van der Waals surface area (Å²) in [6.45, 7) is 0. The molecule has 1 heterocycles. The summed E-state index contributed by atoms with van der Waals surface area (Å²) < 4.78 is 5.08. The first kappa shape index (κ1) is 13.9. The molecule has 0 atom stereocenters. The first-order valence-corrected chi connectivity index (χ1v) is 6.81. The van der Waals surface area contributed by atoms with E-state index in [1.807, 2.05) is 24.3 Å². The van der Waals surface area contributed by atoms with E-state index in [2.05, 4.69) is 15.3 Å². The van der Waals surface area contributed by atoms with Crippen LogP contribution in [0.25, 0.3) is 11.4 Å². The van der Waals surface area contributed by atoms with Crippen molar-refractivity contribution in [3.8, 4) is 17.1 Å². The third-order valence-corrected chi connectivity index (χ3v) is 3.24. The summed E-state index contributed by atoms with van der Waals surface area (Å²) in [5, 5.41) is 2.88. The van der Waals surface area contributed by atoms with Gasteiger partial charge in [0.1, 0.15) is 11.6 Å². The van der Waals surface area contributed by atoms with E-state index in [-0.39, 0.29) is 5.91 Å². The Balaban J connectivity index is 1.77. The minimum absolute atomic E-state index is 0.167. The van der Waals surface area contributed by atoms with Crippen molar-refractivity contribution in [3.63, 3.8) is 0 Å². The molecule has 0 unspecified atom stereocenters. The zero-order valence-electron chi connectivity index (χ0n) is 12.0. The van der Waals surface area contributed by atoms with Crippen molar-refractivity contribution in [2.24, 2.45) is 0 Å². The third kappa shape index (κ3) is 2.98. The highest BCUT2D eigenvalue weighted by Crippen LogP contribution is 2.20. The van der Waals surface area contributed by atoms with Gasteiger partial charge in [-0.05, 0) is 36.4 Å². The third-order valence-electron chi connectivity index (χ3n) is 3.24. The van der Waals surface area contributed by atoms with Crippen LogP contribution in [0.5, 0.6) is 5.75 Å². The maximum Gasteiger partial charge on any atom is 0.255 e. The van der Waals surface area contributed by atoms with Gasteiger partial charge in [-0.3, -0.25) is 4.79 Å². The molecule has 0 aliphatic heterocycles. The van der Waals surface area contributed by atoms with Gasteiger partial charge in [0, 0.05) is 29.2 Å². The van der Waals surface area contributed by atoms with Crippen LogP contribution >= 0.6 is 0 Å². The molecular formula is C17H15N3O2. The van der Waals surface area contributed by atoms with Crippen molar-refractivity contribution in [2.45, 2.75) is 0 Å². The molecular weight excluding hydrogens is 278 g/mol. The zero-order valence-corrected chi connectivity index (χ0v) is 12.0. The lowest BCUT2D eigenvalue weighted by Gasteiger charge is -2.07. The minimum atomic E-state index is -0.167. The second-order valence-electron chi connectivity index (χ2n) is 4.70. The summed E-state index contributed by atoms with van der Waals surface area (Å²) in [7, 11) is 1.59. The van der Waals surface area contributed by atoms with Crippen molar-refractivity contribution in [2.75, 3.05) is 12.4 Å². The van der Waals surface area contributed by atoms with Crippen LogP contribution < -0.4 is 10.1 Å². The topological polar surface area (TPSA) is 67.0 Å². The van der Waals surface area contributed by atoms with Crippen molar-refractivity contribution < 1.29 is 9.53 Å². The summed E-state index contributed by atoms with van der Waals surface area (Å²) in [6, 6.07) is 14.5. The van der Waals surface area contributed by atoms with Gasteiger partial charge < -0.3 is 15.0 Å². The average molecular weight is 293 g/mol. The Morgan fingerprint density at radius 1 is 1.18 bits per heavy atom. The number of benzene rings is 2. The fraction of sp³-hybridized carbons (Fsp3) is 0.0588. The fourth-order valence-electron chi connectivity index (χ4n) is 2.11. The molecule has 0 radical (unpaired) electrons. The number of nitrogens with one attached hydrogen (secondary N) is 2. The van der Waals surface area contributed by atoms with E-state index in [0.717, 1.165) is 22.8 Å². The van der Waals surface area contributed by atoms with E-state index >= 15 is 0 Å². The van der Waals surface area contributed by atoms with Crippen molar-refractivity contribution in [1.82, 2.24) is 9.97 Å². The van der Waals surface area contributed by atoms with Gasteiger partial charge in [-0.2, -0.15) is 0 Å². The smallest absolute Gasteiger partial charge is 0.255 e. The molecule has 0 bridgehead atoms. The zero-order chi connectivity index (χ0) is 15.4. The second kappa shape index (κ2) is 6.13. The summed E-state index contributed by atoms with van der Waals surface area (Å²) >= 11 is 0. The van der Waals surface area contributed by atoms with Crippen LogP contribution in [0.4, 0.5) is 5.69 Å². The SMILES string of the molecule is COc1ccc(C(=O)Nc2cccc(-c3ncc[nH]3)c2)cc1. The number of ether oxygens (including phenoxy) is 1. The number of aromatic nitrogens is 2. The van der Waals surface area contributed by atoms with Crippen molar-refractivity contribution >= 4 is 11.6 Å². The van der Waals surface area contributed by atoms with Gasteiger partial charge >= 0.3 is 0 Å². The van der Waals surface area contributed by atoms with Crippen molar-refractivity contribution in [3.05, 3.63) is 66.5 Å². The Bertz CT molecular complexity index is 765. The monoisotopic (exact) mass is 293 g/mol. The molecule has 0 fully saturated rings. The standard InChI is InChI=1S/C17H15N3O2/c1-22-15-7-5-12(6-8-15)17(21)20-14-4-2-3-13(11-14)16-18-9-10-19-16/h2-11H,1H3,(H,18,19)(H,20,21). The normalized spacial score (nSPS) is 10.2. The van der Waals surface area contributed by atoms with Crippen LogP contribution in [0.1, 0.15) is 10.4 Å². The average Bonchev–Trinajstić information content (AvgIpc) is 3.10. The molecule has 3 aromatic rings. The van der Waals surface area contributed by atoms with Gasteiger partial charge in [0.25, 0.3) is 5.91 Å². The maximum absolute atomic E-state index is 12.2. The van der Waals surface area contributed by atoms with Crippen molar-refractivity contribution in [1.29, 1.82) is 0 Å². The van der Waals surface area contributed by atoms with Gasteiger partial charge in [-0.15, -0.1) is 0 Å². The number of methoxy groups -OCH3 is 1. The molecule has 5 nitrogen and oxygen atoms in total. The number of hydrogen-bond acceptors (Lipinski definition) is 3. The van der Waals surface area contributed by atoms with Crippen LogP contribution in [0.2, 0.25) is 0 Å². The van der Waals surface area contributed by atoms with Gasteiger partial charge in [-0.1, -0.05) is 12.1 Å². The number of amides is 1. The molecule has 0 saturated heterocycles. The van der Waals surface area contributed by atoms with E-state index in [0.29, 0.717) is 5.56 Å². The second-order valence-corrected chi connectivity index (χ2v) is 4.70. The number of imidazole rings is 1. The van der Waals surface area contributed by atoms with E-state index < -0.39 is 0 Å². The molecule has 0 aliphatic rings. The first-order chi connectivity index (χ1) is 10.8. The summed E-state index contributed by atoms with van der Waals surface area (Å²) in [4.78, 5) is 19.5. The molecule has 2 N–H and O–H groups in total. The molecule has 1 aromatic heterocycles. The molecule has 0 spiro atoms. The lowest BCUT2D eigenvalue weighted by molar-refractivity contribution is 0.102. The lowest BCUT2D eigenvalue weighted by Crippen LogP contribution is -2.11. The summed E-state index contributed by atoms with van der Waals surface area (Å²) in [5.74, 6) is 1.32. The van der Waals surface area contributed by atoms with Crippen LogP contribution in [-0.4, -0.2) is 23.0 Å². The predicted molar refractivity (Wildman–Crippen MR) is 85.0 cm³/mol. The van der Waals surface area contributed by atoms with Crippen LogP contribution in [0.3, 0.4) is 0 Å². The van der Waals surface area contributed by atoms with E-state index in [1.54, 1.807) is 43.8 Å². The van der Waals surface area contributed by atoms with Gasteiger partial charge in [0.05, 0.1) is 7.11 Å². The largest absolute Gasteiger partial charge is 0.497 e. The first-order valence-electron chi connectivity index (χ1n) is 6.81. The van der Waals surface area contributed by atoms with E-state index in [1.165, 1.54) is 0 Å². The lowest BCUT2D eigenvalue weighted by atomic mass is 10.1. The molecule has 0 aliphatic carbocycles. The Morgan fingerprint density at radius 2 is 2.00 bits per heavy atom. The molecule has 0 saturated carbocycles. The predicted octanol–water partition coefficient (Wildman–Crippen LogP) is 3.34. The summed E-state index contributed by atoms with van der Waals surface area (Å²) in [6.07, 6.45) is 3.45. The van der Waals surface area contributed by atoms with Crippen LogP contribution in [-0.2, 0) is 0 Å². The molecule has 5 heteroatoms. The van der Waals surface area contributed by atoms with Gasteiger partial charge in [-0.25, -0.2) is 4.98 Å². The molecule has 2 aromatic carbocycles. The highest BCUT2D eigenvalue weighted by atomic mass is 16.5. The van der Waals surface area contributed by atoms with E-state index in [4.69, 9.17) is 4.74 Å². The Kier molecular flexibility index (Phi) is 3.87. The van der Waals surface area contributed by atoms with Gasteiger partial charge in [0.15, 0.2) is 0 Å². The molecule has 22 heavy (non-hydrogen) atoms. The molecule has 110 valence electrons. The highest BCUT2D eigenvalue weighted by Gasteiger charge is 2.07. The number of carbonyl (C=O) groups is 1. The Labute approximate surface area is 128 Å². The number of carbonyl (C=O) groups excluding carboxylic acids is 1. The highest BCUT2D eigenvalue weighted by molar-refractivity contribution is 6.04. The number of anilines is 1. The number of rotatable bonds is 4. The van der Waals surface area contributed by atoms with Crippen LogP contribution in [0, 0.1) is 0 Å². The molecule has 1 amide bonds. The fourth-order valence-corrected chi connectivity index (χ4v) is 2.11. The summed E-state index contributed by atoms with van der Waals surface area (Å²) in [5.41, 5.74) is 2.21. The molecule has 3 rings (SSSR count). The minimum Gasteiger partial charge on any atom is -0.497 e. The van der Waals surface area contributed by atoms with E-state index in [9.17, 15) is 4.79 Å². The Hall–Kier alpha value is -3.08. The van der Waals surface area contributed by atoms with Gasteiger partial charge in [0.2, 0.25) is 0 Å². The number of H-pyrrole nitrogens is 1. The Morgan fingerprint density at radius 3 is 2.68 bits per heavy atom. The number of nitrogens with zero attached hydrogens (tertiary/aromatic N) is 1. The number of aromatic amines is 1. The van der Waals surface area contributed by atoms with Crippen LogP contribution in [0.15, 0.2) is 60.9 Å².